The molecule has 0 aliphatic heterocycles. The third-order valence-electron chi connectivity index (χ3n) is 4.30. The van der Waals surface area contributed by atoms with E-state index in [1.54, 1.807) is 0 Å². The smallest absolute Gasteiger partial charge is 0.0180 e. The minimum atomic E-state index is 0.506. The largest absolute Gasteiger partial charge is 0.330 e. The van der Waals surface area contributed by atoms with E-state index in [1.165, 1.54) is 44.4 Å². The van der Waals surface area contributed by atoms with Gasteiger partial charge in [0.25, 0.3) is 0 Å². The zero-order valence-electron chi connectivity index (χ0n) is 11.2. The van der Waals surface area contributed by atoms with Crippen LogP contribution < -0.4 is 5.73 Å². The van der Waals surface area contributed by atoms with Crippen molar-refractivity contribution in [3.63, 3.8) is 0 Å². The van der Waals surface area contributed by atoms with Gasteiger partial charge in [-0.05, 0) is 57.5 Å². The first-order valence-corrected chi connectivity index (χ1v) is 7.96. The highest BCUT2D eigenvalue weighted by molar-refractivity contribution is 7.98. The number of hydrogen-bond acceptors (Lipinski definition) is 3. The molecule has 3 heteroatoms. The lowest BCUT2D eigenvalue weighted by Gasteiger charge is -2.42. The first kappa shape index (κ1) is 14.3. The van der Waals surface area contributed by atoms with Crippen molar-refractivity contribution < 1.29 is 0 Å². The molecule has 1 aliphatic rings. The molecule has 0 bridgehead atoms. The van der Waals surface area contributed by atoms with Crippen molar-refractivity contribution in [2.45, 2.75) is 45.1 Å². The molecule has 0 aromatic heterocycles. The summed E-state index contributed by atoms with van der Waals surface area (Å²) in [5.74, 6) is 1.25. The van der Waals surface area contributed by atoms with Gasteiger partial charge in [-0.15, -0.1) is 0 Å². The number of hydrogen-bond donors (Lipinski definition) is 1. The van der Waals surface area contributed by atoms with E-state index in [0.29, 0.717) is 5.41 Å². The molecule has 0 amide bonds. The fraction of sp³-hybridized carbons (Fsp3) is 1.00. The van der Waals surface area contributed by atoms with Crippen LogP contribution in [0.3, 0.4) is 0 Å². The normalized spacial score (nSPS) is 20.8. The minimum Gasteiger partial charge on any atom is -0.330 e. The molecule has 1 unspecified atom stereocenters. The van der Waals surface area contributed by atoms with Crippen molar-refractivity contribution in [2.24, 2.45) is 11.1 Å². The lowest BCUT2D eigenvalue weighted by atomic mass is 9.66. The lowest BCUT2D eigenvalue weighted by Crippen LogP contribution is -2.42. The predicted molar refractivity (Wildman–Crippen MR) is 75.0 cm³/mol. The fourth-order valence-electron chi connectivity index (χ4n) is 2.58. The highest BCUT2D eigenvalue weighted by Crippen LogP contribution is 2.42. The Labute approximate surface area is 105 Å². The molecule has 2 N–H and O–H groups in total. The molecule has 1 aliphatic carbocycles. The standard InChI is InChI=1S/C13H28N2S/c1-4-12(10-16-3)15(2)9-8-13(11-14)6-5-7-13/h12H,4-11,14H2,1-3H3. The van der Waals surface area contributed by atoms with Crippen LogP contribution in [0.25, 0.3) is 0 Å². The van der Waals surface area contributed by atoms with Crippen LogP contribution in [0, 0.1) is 5.41 Å². The summed E-state index contributed by atoms with van der Waals surface area (Å²) in [7, 11) is 2.27. The van der Waals surface area contributed by atoms with Gasteiger partial charge in [-0.2, -0.15) is 11.8 Å². The Kier molecular flexibility index (Phi) is 6.16. The van der Waals surface area contributed by atoms with Crippen molar-refractivity contribution in [3.8, 4) is 0 Å². The van der Waals surface area contributed by atoms with Crippen LogP contribution in [-0.4, -0.2) is 43.1 Å². The quantitative estimate of drug-likeness (QED) is 0.711. The Bertz CT molecular complexity index is 187. The van der Waals surface area contributed by atoms with E-state index in [2.05, 4.69) is 25.1 Å². The van der Waals surface area contributed by atoms with E-state index in [0.717, 1.165) is 12.6 Å². The van der Waals surface area contributed by atoms with Gasteiger partial charge in [0, 0.05) is 11.8 Å². The van der Waals surface area contributed by atoms with Gasteiger partial charge >= 0.3 is 0 Å². The molecule has 0 heterocycles. The van der Waals surface area contributed by atoms with E-state index in [9.17, 15) is 0 Å². The second kappa shape index (κ2) is 6.87. The second-order valence-corrected chi connectivity index (χ2v) is 6.22. The van der Waals surface area contributed by atoms with Gasteiger partial charge in [0.1, 0.15) is 0 Å². The van der Waals surface area contributed by atoms with E-state index < -0.39 is 0 Å². The minimum absolute atomic E-state index is 0.506. The van der Waals surface area contributed by atoms with Crippen LogP contribution in [0.4, 0.5) is 0 Å². The molecule has 0 aromatic carbocycles. The van der Waals surface area contributed by atoms with Gasteiger partial charge in [-0.25, -0.2) is 0 Å². The molecule has 1 rings (SSSR count). The maximum Gasteiger partial charge on any atom is 0.0180 e. The van der Waals surface area contributed by atoms with Gasteiger partial charge in [0.05, 0.1) is 0 Å². The van der Waals surface area contributed by atoms with E-state index in [-0.39, 0.29) is 0 Å². The SMILES string of the molecule is CCC(CSC)N(C)CCC1(CN)CCC1. The van der Waals surface area contributed by atoms with Crippen LogP contribution in [0.1, 0.15) is 39.0 Å². The van der Waals surface area contributed by atoms with E-state index in [4.69, 9.17) is 5.73 Å². The molecule has 96 valence electrons. The van der Waals surface area contributed by atoms with E-state index >= 15 is 0 Å². The molecule has 0 aromatic rings. The molecule has 1 saturated carbocycles. The Balaban J connectivity index is 2.29. The van der Waals surface area contributed by atoms with Crippen molar-refractivity contribution in [2.75, 3.05) is 32.1 Å². The molecule has 2 nitrogen and oxygen atoms in total. The first-order valence-electron chi connectivity index (χ1n) is 6.56. The molecular weight excluding hydrogens is 216 g/mol. The Morgan fingerprint density at radius 1 is 1.44 bits per heavy atom. The average molecular weight is 244 g/mol. The topological polar surface area (TPSA) is 29.3 Å². The number of nitrogens with zero attached hydrogens (tertiary/aromatic N) is 1. The van der Waals surface area contributed by atoms with Crippen LogP contribution >= 0.6 is 11.8 Å². The molecule has 0 radical (unpaired) electrons. The van der Waals surface area contributed by atoms with Crippen LogP contribution in [0.15, 0.2) is 0 Å². The lowest BCUT2D eigenvalue weighted by molar-refractivity contribution is 0.103. The van der Waals surface area contributed by atoms with Gasteiger partial charge in [-0.3, -0.25) is 0 Å². The number of rotatable bonds is 8. The summed E-state index contributed by atoms with van der Waals surface area (Å²) in [5.41, 5.74) is 6.41. The van der Waals surface area contributed by atoms with Crippen molar-refractivity contribution in [1.82, 2.24) is 4.90 Å². The maximum atomic E-state index is 5.90. The van der Waals surface area contributed by atoms with Crippen LogP contribution in [0.5, 0.6) is 0 Å². The summed E-state index contributed by atoms with van der Waals surface area (Å²) in [4.78, 5) is 2.53. The van der Waals surface area contributed by atoms with Crippen LogP contribution in [-0.2, 0) is 0 Å². The molecule has 16 heavy (non-hydrogen) atoms. The fourth-order valence-corrected chi connectivity index (χ4v) is 3.45. The molecule has 0 spiro atoms. The monoisotopic (exact) mass is 244 g/mol. The Hall–Kier alpha value is 0.270. The molecule has 1 fully saturated rings. The van der Waals surface area contributed by atoms with Gasteiger partial charge < -0.3 is 10.6 Å². The number of thioether (sulfide) groups is 1. The van der Waals surface area contributed by atoms with Gasteiger partial charge in [0.15, 0.2) is 0 Å². The van der Waals surface area contributed by atoms with Gasteiger partial charge in [0.2, 0.25) is 0 Å². The van der Waals surface area contributed by atoms with Crippen LogP contribution in [0.2, 0.25) is 0 Å². The highest BCUT2D eigenvalue weighted by atomic mass is 32.2. The predicted octanol–water partition coefficient (Wildman–Crippen LogP) is 2.58. The summed E-state index contributed by atoms with van der Waals surface area (Å²) in [5, 5.41) is 0. The zero-order valence-corrected chi connectivity index (χ0v) is 12.0. The Morgan fingerprint density at radius 3 is 2.50 bits per heavy atom. The maximum absolute atomic E-state index is 5.90. The van der Waals surface area contributed by atoms with E-state index in [1.807, 2.05) is 11.8 Å². The zero-order chi connectivity index (χ0) is 12.0. The molecule has 0 saturated heterocycles. The van der Waals surface area contributed by atoms with Gasteiger partial charge in [-0.1, -0.05) is 13.3 Å². The summed E-state index contributed by atoms with van der Waals surface area (Å²) in [6.07, 6.45) is 8.86. The second-order valence-electron chi connectivity index (χ2n) is 5.31. The highest BCUT2D eigenvalue weighted by Gasteiger charge is 2.35. The molecule has 1 atom stereocenters. The average Bonchev–Trinajstić information content (AvgIpc) is 2.24. The number of nitrogens with two attached hydrogens (primary N) is 1. The van der Waals surface area contributed by atoms with Crippen molar-refractivity contribution in [1.29, 1.82) is 0 Å². The summed E-state index contributed by atoms with van der Waals surface area (Å²) in [6, 6.07) is 0.741. The van der Waals surface area contributed by atoms with Crippen molar-refractivity contribution in [3.05, 3.63) is 0 Å². The summed E-state index contributed by atoms with van der Waals surface area (Å²) in [6.45, 7) is 4.40. The molecular formula is C13H28N2S. The Morgan fingerprint density at radius 2 is 2.12 bits per heavy atom. The first-order chi connectivity index (χ1) is 7.67. The van der Waals surface area contributed by atoms with Crippen molar-refractivity contribution >= 4 is 11.8 Å². The summed E-state index contributed by atoms with van der Waals surface area (Å²) < 4.78 is 0. The third kappa shape index (κ3) is 3.64. The summed E-state index contributed by atoms with van der Waals surface area (Å²) >= 11 is 1.96. The third-order valence-corrected chi connectivity index (χ3v) is 5.01.